The van der Waals surface area contributed by atoms with Crippen molar-refractivity contribution in [3.63, 3.8) is 0 Å². The van der Waals surface area contributed by atoms with E-state index < -0.39 is 33.6 Å². The average Bonchev–Trinajstić information content (AvgIpc) is 2.56. The van der Waals surface area contributed by atoms with Crippen molar-refractivity contribution in [2.45, 2.75) is 25.7 Å². The average molecular weight is 393 g/mol. The number of ether oxygens (including phenoxy) is 1. The van der Waals surface area contributed by atoms with Gasteiger partial charge in [0, 0.05) is 11.9 Å². The molecule has 0 bridgehead atoms. The lowest BCUT2D eigenvalue weighted by molar-refractivity contribution is -0.123. The maximum Gasteiger partial charge on any atom is 0.338 e. The summed E-state index contributed by atoms with van der Waals surface area (Å²) in [5.41, 5.74) is 1.28. The number of amides is 1. The van der Waals surface area contributed by atoms with Crippen LogP contribution in [-0.4, -0.2) is 32.7 Å². The summed E-state index contributed by atoms with van der Waals surface area (Å²) >= 11 is 0. The Labute approximate surface area is 157 Å². The van der Waals surface area contributed by atoms with E-state index in [-0.39, 0.29) is 17.0 Å². The minimum absolute atomic E-state index is 0.136. The molecule has 1 atom stereocenters. The number of nitrogens with one attached hydrogen (secondary N) is 1. The number of halogens is 1. The molecule has 0 fully saturated rings. The fraction of sp³-hybridized carbons (Fsp3) is 0.263. The first-order chi connectivity index (χ1) is 12.5. The van der Waals surface area contributed by atoms with Crippen molar-refractivity contribution in [1.29, 1.82) is 0 Å². The molecule has 27 heavy (non-hydrogen) atoms. The monoisotopic (exact) mass is 393 g/mol. The normalized spacial score (nSPS) is 12.3. The second-order valence-electron chi connectivity index (χ2n) is 6.27. The summed E-state index contributed by atoms with van der Waals surface area (Å²) in [5.74, 6) is -2.04. The van der Waals surface area contributed by atoms with E-state index in [0.717, 1.165) is 6.26 Å². The van der Waals surface area contributed by atoms with E-state index in [1.165, 1.54) is 37.3 Å². The lowest BCUT2D eigenvalue weighted by atomic mass is 10.1. The molecule has 0 saturated carbocycles. The zero-order chi connectivity index (χ0) is 20.2. The maximum atomic E-state index is 13.5. The summed E-state index contributed by atoms with van der Waals surface area (Å²) in [6.45, 7) is 2.99. The Bertz CT molecular complexity index is 972. The second kappa shape index (κ2) is 8.30. The highest BCUT2D eigenvalue weighted by Crippen LogP contribution is 2.15. The third-order valence-electron chi connectivity index (χ3n) is 3.68. The number of sulfone groups is 1. The molecule has 2 aromatic carbocycles. The van der Waals surface area contributed by atoms with Crippen LogP contribution in [0.15, 0.2) is 42.5 Å². The molecule has 8 heteroatoms. The maximum absolute atomic E-state index is 13.5. The SMILES string of the molecule is Cc1ccc(NC(=O)[C@@H](C)OC(=O)c2cccc(CS(C)(=O)=O)c2)cc1F. The van der Waals surface area contributed by atoms with Crippen LogP contribution >= 0.6 is 0 Å². The molecule has 0 spiro atoms. The topological polar surface area (TPSA) is 89.5 Å². The third kappa shape index (κ3) is 6.18. The summed E-state index contributed by atoms with van der Waals surface area (Å²) in [7, 11) is -3.24. The number of aryl methyl sites for hydroxylation is 1. The van der Waals surface area contributed by atoms with Crippen molar-refractivity contribution in [2.75, 3.05) is 11.6 Å². The van der Waals surface area contributed by atoms with Gasteiger partial charge in [-0.15, -0.1) is 0 Å². The number of esters is 1. The highest BCUT2D eigenvalue weighted by atomic mass is 32.2. The standard InChI is InChI=1S/C19H20FNO5S/c1-12-7-8-16(10-17(12)20)21-18(22)13(2)26-19(23)15-6-4-5-14(9-15)11-27(3,24)25/h4-10,13H,11H2,1-3H3,(H,21,22)/t13-/m1/s1. The summed E-state index contributed by atoms with van der Waals surface area (Å²) < 4.78 is 41.4. The molecular formula is C19H20FNO5S. The molecule has 6 nitrogen and oxygen atoms in total. The van der Waals surface area contributed by atoms with Crippen molar-refractivity contribution >= 4 is 27.4 Å². The van der Waals surface area contributed by atoms with Gasteiger partial charge in [0.2, 0.25) is 0 Å². The van der Waals surface area contributed by atoms with Crippen molar-refractivity contribution in [3.05, 3.63) is 65.0 Å². The highest BCUT2D eigenvalue weighted by Gasteiger charge is 2.20. The van der Waals surface area contributed by atoms with Crippen molar-refractivity contribution in [2.24, 2.45) is 0 Å². The van der Waals surface area contributed by atoms with Crippen molar-refractivity contribution in [3.8, 4) is 0 Å². The van der Waals surface area contributed by atoms with Gasteiger partial charge in [-0.1, -0.05) is 18.2 Å². The molecule has 1 amide bonds. The van der Waals surface area contributed by atoms with Gasteiger partial charge in [0.1, 0.15) is 5.82 Å². The molecule has 0 saturated heterocycles. The Balaban J connectivity index is 2.03. The van der Waals surface area contributed by atoms with Gasteiger partial charge in [-0.25, -0.2) is 17.6 Å². The van der Waals surface area contributed by atoms with Crippen LogP contribution in [-0.2, 0) is 25.1 Å². The van der Waals surface area contributed by atoms with E-state index in [1.54, 1.807) is 19.1 Å². The van der Waals surface area contributed by atoms with Crippen LogP contribution in [0.25, 0.3) is 0 Å². The van der Waals surface area contributed by atoms with Gasteiger partial charge >= 0.3 is 5.97 Å². The van der Waals surface area contributed by atoms with Crippen LogP contribution in [0.5, 0.6) is 0 Å². The minimum atomic E-state index is -3.24. The van der Waals surface area contributed by atoms with Crippen LogP contribution in [0.2, 0.25) is 0 Å². The third-order valence-corrected chi connectivity index (χ3v) is 4.54. The van der Waals surface area contributed by atoms with E-state index in [1.807, 2.05) is 0 Å². The molecule has 2 rings (SSSR count). The summed E-state index contributed by atoms with van der Waals surface area (Å²) in [6.07, 6.45) is -0.0291. The number of carbonyl (C=O) groups is 2. The van der Waals surface area contributed by atoms with E-state index in [9.17, 15) is 22.4 Å². The van der Waals surface area contributed by atoms with E-state index in [2.05, 4.69) is 5.32 Å². The first-order valence-electron chi connectivity index (χ1n) is 8.10. The quantitative estimate of drug-likeness (QED) is 0.763. The largest absolute Gasteiger partial charge is 0.449 e. The molecule has 0 aliphatic carbocycles. The number of rotatable bonds is 6. The molecule has 2 aromatic rings. The van der Waals surface area contributed by atoms with Crippen LogP contribution in [0, 0.1) is 12.7 Å². The van der Waals surface area contributed by atoms with E-state index in [4.69, 9.17) is 4.74 Å². The number of hydrogen-bond acceptors (Lipinski definition) is 5. The van der Waals surface area contributed by atoms with Gasteiger partial charge in [-0.05, 0) is 49.2 Å². The van der Waals surface area contributed by atoms with Crippen molar-refractivity contribution in [1.82, 2.24) is 0 Å². The van der Waals surface area contributed by atoms with Crippen LogP contribution in [0.3, 0.4) is 0 Å². The van der Waals surface area contributed by atoms with Crippen molar-refractivity contribution < 1.29 is 27.1 Å². The number of anilines is 1. The molecular weight excluding hydrogens is 373 g/mol. The summed E-state index contributed by atoms with van der Waals surface area (Å²) in [6, 6.07) is 10.2. The molecule has 144 valence electrons. The first-order valence-corrected chi connectivity index (χ1v) is 10.2. The second-order valence-corrected chi connectivity index (χ2v) is 8.41. The minimum Gasteiger partial charge on any atom is -0.449 e. The highest BCUT2D eigenvalue weighted by molar-refractivity contribution is 7.89. The van der Waals surface area contributed by atoms with Gasteiger partial charge in [0.15, 0.2) is 15.9 Å². The Morgan fingerprint density at radius 2 is 1.89 bits per heavy atom. The number of carbonyl (C=O) groups excluding carboxylic acids is 2. The predicted octanol–water partition coefficient (Wildman–Crippen LogP) is 2.86. The smallest absolute Gasteiger partial charge is 0.338 e. The summed E-state index contributed by atoms with van der Waals surface area (Å²) in [5, 5.41) is 2.47. The number of hydrogen-bond donors (Lipinski definition) is 1. The van der Waals surface area contributed by atoms with Crippen LogP contribution in [0.4, 0.5) is 10.1 Å². The lowest BCUT2D eigenvalue weighted by Gasteiger charge is -2.14. The van der Waals surface area contributed by atoms with Gasteiger partial charge in [0.25, 0.3) is 5.91 Å². The van der Waals surface area contributed by atoms with Gasteiger partial charge < -0.3 is 10.1 Å². The molecule has 0 aromatic heterocycles. The van der Waals surface area contributed by atoms with Crippen LogP contribution in [0.1, 0.15) is 28.4 Å². The van der Waals surface area contributed by atoms with Gasteiger partial charge in [-0.3, -0.25) is 4.79 Å². The van der Waals surface area contributed by atoms with Crippen LogP contribution < -0.4 is 5.32 Å². The molecule has 0 heterocycles. The molecule has 0 unspecified atom stereocenters. The zero-order valence-electron chi connectivity index (χ0n) is 15.2. The van der Waals surface area contributed by atoms with E-state index >= 15 is 0 Å². The molecule has 0 radical (unpaired) electrons. The fourth-order valence-corrected chi connectivity index (χ4v) is 3.07. The Morgan fingerprint density at radius 3 is 2.52 bits per heavy atom. The fourth-order valence-electron chi connectivity index (χ4n) is 2.29. The molecule has 0 aliphatic rings. The Kier molecular flexibility index (Phi) is 6.32. The molecule has 1 N–H and O–H groups in total. The Morgan fingerprint density at radius 1 is 1.19 bits per heavy atom. The lowest BCUT2D eigenvalue weighted by Crippen LogP contribution is -2.30. The first kappa shape index (κ1) is 20.6. The predicted molar refractivity (Wildman–Crippen MR) is 99.6 cm³/mol. The summed E-state index contributed by atoms with van der Waals surface area (Å²) in [4.78, 5) is 24.4. The molecule has 0 aliphatic heterocycles. The van der Waals surface area contributed by atoms with Gasteiger partial charge in [-0.2, -0.15) is 0 Å². The Hall–Kier alpha value is -2.74. The number of benzene rings is 2. The van der Waals surface area contributed by atoms with E-state index in [0.29, 0.717) is 11.1 Å². The zero-order valence-corrected chi connectivity index (χ0v) is 16.0. The van der Waals surface area contributed by atoms with Gasteiger partial charge in [0.05, 0.1) is 11.3 Å².